The Balaban J connectivity index is 1.71. The monoisotopic (exact) mass is 336 g/mol. The number of benzene rings is 2. The molecule has 3 aromatic rings. The Morgan fingerprint density at radius 1 is 1.20 bits per heavy atom. The molecule has 0 spiro atoms. The first-order valence-electron chi connectivity index (χ1n) is 7.79. The zero-order valence-corrected chi connectivity index (χ0v) is 13.5. The van der Waals surface area contributed by atoms with Crippen LogP contribution in [0.25, 0.3) is 10.8 Å². The van der Waals surface area contributed by atoms with Gasteiger partial charge in [-0.1, -0.05) is 42.5 Å². The Labute approximate surface area is 143 Å². The van der Waals surface area contributed by atoms with E-state index in [-0.39, 0.29) is 23.9 Å². The number of Topliss-reactive ketones (excluding diaryl/α,β-unsaturated/α-hetero) is 1. The van der Waals surface area contributed by atoms with Crippen LogP contribution in [0.5, 0.6) is 0 Å². The fourth-order valence-electron chi connectivity index (χ4n) is 2.93. The number of anilines is 1. The van der Waals surface area contributed by atoms with Crippen molar-refractivity contribution in [3.8, 4) is 0 Å². The molecule has 8 nitrogen and oxygen atoms in total. The summed E-state index contributed by atoms with van der Waals surface area (Å²) in [7, 11) is 0. The molecule has 2 aromatic carbocycles. The van der Waals surface area contributed by atoms with Crippen molar-refractivity contribution in [2.45, 2.75) is 19.6 Å². The molecule has 2 heterocycles. The first-order valence-corrected chi connectivity index (χ1v) is 7.79. The van der Waals surface area contributed by atoms with E-state index < -0.39 is 6.23 Å². The van der Waals surface area contributed by atoms with Crippen molar-refractivity contribution in [1.82, 2.24) is 14.9 Å². The maximum absolute atomic E-state index is 12.8. The van der Waals surface area contributed by atoms with Crippen LogP contribution in [0.1, 0.15) is 22.6 Å². The minimum atomic E-state index is -1.23. The molecule has 0 saturated carbocycles. The molecule has 1 unspecified atom stereocenters. The van der Waals surface area contributed by atoms with Crippen LogP contribution < -0.4 is 10.9 Å². The fraction of sp³-hybridized carbons (Fsp3) is 0.176. The van der Waals surface area contributed by atoms with Crippen LogP contribution >= 0.6 is 0 Å². The maximum Gasteiger partial charge on any atom is 0.265 e. The molecule has 0 aliphatic carbocycles. The number of fused-ring (bicyclic) bond motifs is 2. The van der Waals surface area contributed by atoms with Gasteiger partial charge in [0.2, 0.25) is 0 Å². The highest BCUT2D eigenvalue weighted by Gasteiger charge is 2.31. The number of aryl methyl sites for hydroxylation is 1. The van der Waals surface area contributed by atoms with Crippen molar-refractivity contribution in [2.24, 2.45) is 10.9 Å². The fourth-order valence-corrected chi connectivity index (χ4v) is 2.93. The summed E-state index contributed by atoms with van der Waals surface area (Å²) in [5.41, 5.74) is 0.832. The number of hydrogen-bond donors (Lipinski definition) is 2. The minimum Gasteiger partial charge on any atom is -0.367 e. The third kappa shape index (κ3) is 2.48. The van der Waals surface area contributed by atoms with Crippen molar-refractivity contribution in [1.29, 1.82) is 0 Å². The average molecular weight is 336 g/mol. The van der Waals surface area contributed by atoms with Gasteiger partial charge in [0.05, 0.1) is 12.1 Å². The van der Waals surface area contributed by atoms with Gasteiger partial charge in [0.1, 0.15) is 0 Å². The highest BCUT2D eigenvalue weighted by atomic mass is 16.3. The zero-order chi connectivity index (χ0) is 17.6. The van der Waals surface area contributed by atoms with Crippen LogP contribution in [-0.2, 0) is 0 Å². The van der Waals surface area contributed by atoms with Crippen LogP contribution in [0.15, 0.2) is 47.6 Å². The number of aliphatic hydroxyl groups excluding tert-OH is 1. The Hall–Kier alpha value is -3.10. The normalized spacial score (nSPS) is 16.7. The van der Waals surface area contributed by atoms with E-state index in [1.54, 1.807) is 13.0 Å². The summed E-state index contributed by atoms with van der Waals surface area (Å²) >= 11 is 0. The molecule has 0 amide bonds. The number of carbonyl (C=O) groups is 1. The minimum absolute atomic E-state index is 0.0556. The molecular formula is C17H16N6O2. The van der Waals surface area contributed by atoms with Gasteiger partial charge in [-0.15, -0.1) is 10.2 Å². The first-order chi connectivity index (χ1) is 12.1. The molecule has 1 aliphatic heterocycles. The number of nitrogens with zero attached hydrogens (tertiary/aromatic N) is 5. The molecule has 4 rings (SSSR count). The predicted molar refractivity (Wildman–Crippen MR) is 93.2 cm³/mol. The molecule has 1 aliphatic rings. The lowest BCUT2D eigenvalue weighted by Gasteiger charge is -2.28. The van der Waals surface area contributed by atoms with Gasteiger partial charge in [-0.05, 0) is 17.7 Å². The molecular weight excluding hydrogens is 320 g/mol. The number of nitrogens with two attached hydrogens (primary N) is 1. The summed E-state index contributed by atoms with van der Waals surface area (Å²) in [6.45, 7) is 1.72. The van der Waals surface area contributed by atoms with Crippen LogP contribution in [-0.4, -0.2) is 37.7 Å². The lowest BCUT2D eigenvalue weighted by atomic mass is 9.98. The van der Waals surface area contributed by atoms with Crippen molar-refractivity contribution in [3.05, 3.63) is 53.9 Å². The highest BCUT2D eigenvalue weighted by molar-refractivity contribution is 6.16. The van der Waals surface area contributed by atoms with Gasteiger partial charge >= 0.3 is 0 Å². The predicted octanol–water partition coefficient (Wildman–Crippen LogP) is 1.23. The Kier molecular flexibility index (Phi) is 3.56. The summed E-state index contributed by atoms with van der Waals surface area (Å²) in [5, 5.41) is 25.3. The molecule has 0 fully saturated rings. The van der Waals surface area contributed by atoms with Gasteiger partial charge in [-0.25, -0.2) is 10.9 Å². The van der Waals surface area contributed by atoms with E-state index in [4.69, 9.17) is 5.84 Å². The van der Waals surface area contributed by atoms with E-state index in [1.165, 1.54) is 4.68 Å². The van der Waals surface area contributed by atoms with Crippen LogP contribution in [0.3, 0.4) is 0 Å². The molecule has 25 heavy (non-hydrogen) atoms. The van der Waals surface area contributed by atoms with Crippen molar-refractivity contribution < 1.29 is 9.90 Å². The number of hydrogen-bond acceptors (Lipinski definition) is 7. The molecule has 8 heteroatoms. The highest BCUT2D eigenvalue weighted by Crippen LogP contribution is 2.23. The van der Waals surface area contributed by atoms with E-state index in [0.29, 0.717) is 11.4 Å². The summed E-state index contributed by atoms with van der Waals surface area (Å²) in [6, 6.07) is 13.2. The van der Waals surface area contributed by atoms with Gasteiger partial charge in [0, 0.05) is 5.56 Å². The number of hydrazine groups is 1. The molecule has 3 N–H and O–H groups in total. The third-order valence-corrected chi connectivity index (χ3v) is 4.23. The average Bonchev–Trinajstić information content (AvgIpc) is 3.00. The summed E-state index contributed by atoms with van der Waals surface area (Å²) < 4.78 is 1.42. The van der Waals surface area contributed by atoms with Crippen LogP contribution in [0.4, 0.5) is 5.95 Å². The van der Waals surface area contributed by atoms with Gasteiger partial charge < -0.3 is 5.11 Å². The van der Waals surface area contributed by atoms with Gasteiger partial charge in [-0.2, -0.15) is 9.78 Å². The number of rotatable bonds is 3. The SMILES string of the molecule is Cc1nnc2n1N=C(CC(=O)c1cccc3ccccc13)C(O)N2N. The zero-order valence-electron chi connectivity index (χ0n) is 13.5. The largest absolute Gasteiger partial charge is 0.367 e. The van der Waals surface area contributed by atoms with E-state index in [9.17, 15) is 9.90 Å². The van der Waals surface area contributed by atoms with Crippen molar-refractivity contribution in [2.75, 3.05) is 5.01 Å². The number of carbonyl (C=O) groups excluding carboxylic acids is 1. The summed E-state index contributed by atoms with van der Waals surface area (Å²) in [5.74, 6) is 6.47. The van der Waals surface area contributed by atoms with Crippen molar-refractivity contribution in [3.63, 3.8) is 0 Å². The smallest absolute Gasteiger partial charge is 0.265 e. The summed E-state index contributed by atoms with van der Waals surface area (Å²) in [6.07, 6.45) is -1.28. The van der Waals surface area contributed by atoms with E-state index in [2.05, 4.69) is 15.3 Å². The van der Waals surface area contributed by atoms with Gasteiger partial charge in [0.25, 0.3) is 5.95 Å². The maximum atomic E-state index is 12.8. The Morgan fingerprint density at radius 2 is 1.96 bits per heavy atom. The number of ketones is 1. The molecule has 1 aromatic heterocycles. The Morgan fingerprint density at radius 3 is 2.80 bits per heavy atom. The van der Waals surface area contributed by atoms with Crippen LogP contribution in [0, 0.1) is 6.92 Å². The van der Waals surface area contributed by atoms with E-state index in [0.717, 1.165) is 15.8 Å². The number of aliphatic hydroxyl groups is 1. The second-order valence-corrected chi connectivity index (χ2v) is 5.86. The molecule has 126 valence electrons. The summed E-state index contributed by atoms with van der Waals surface area (Å²) in [4.78, 5) is 12.8. The van der Waals surface area contributed by atoms with Crippen molar-refractivity contribution >= 4 is 28.2 Å². The second-order valence-electron chi connectivity index (χ2n) is 5.86. The number of aromatic nitrogens is 3. The molecule has 0 radical (unpaired) electrons. The standard InChI is InChI=1S/C17H16N6O2/c1-10-19-20-17-22(18)16(25)14(21-23(10)17)9-15(24)13-8-4-6-11-5-2-3-7-12(11)13/h2-8,16,25H,9,18H2,1H3. The topological polar surface area (TPSA) is 110 Å². The lowest BCUT2D eigenvalue weighted by Crippen LogP contribution is -2.50. The first kappa shape index (κ1) is 15.4. The molecule has 1 atom stereocenters. The third-order valence-electron chi connectivity index (χ3n) is 4.23. The van der Waals surface area contributed by atoms with Gasteiger partial charge in [-0.3, -0.25) is 4.79 Å². The quantitative estimate of drug-likeness (QED) is 0.550. The molecule has 0 saturated heterocycles. The van der Waals surface area contributed by atoms with E-state index in [1.807, 2.05) is 36.4 Å². The Bertz CT molecular complexity index is 1000. The second kappa shape index (κ2) is 5.76. The molecule has 0 bridgehead atoms. The van der Waals surface area contributed by atoms with E-state index >= 15 is 0 Å². The van der Waals surface area contributed by atoms with Crippen LogP contribution in [0.2, 0.25) is 0 Å². The van der Waals surface area contributed by atoms with Gasteiger partial charge in [0.15, 0.2) is 17.8 Å². The lowest BCUT2D eigenvalue weighted by molar-refractivity contribution is 0.0996.